The van der Waals surface area contributed by atoms with Crippen molar-refractivity contribution in [2.24, 2.45) is 5.92 Å². The summed E-state index contributed by atoms with van der Waals surface area (Å²) < 4.78 is 5.79. The quantitative estimate of drug-likeness (QED) is 0.757. The summed E-state index contributed by atoms with van der Waals surface area (Å²) >= 11 is 3.17. The summed E-state index contributed by atoms with van der Waals surface area (Å²) in [5, 5.41) is 0. The van der Waals surface area contributed by atoms with E-state index in [9.17, 15) is 4.79 Å². The zero-order valence-electron chi connectivity index (χ0n) is 7.84. The highest BCUT2D eigenvalue weighted by Gasteiger charge is 2.17. The highest BCUT2D eigenvalue weighted by molar-refractivity contribution is 9.10. The van der Waals surface area contributed by atoms with Gasteiger partial charge >= 0.3 is 0 Å². The van der Waals surface area contributed by atoms with Gasteiger partial charge in [0.25, 0.3) is 0 Å². The second-order valence-electron chi connectivity index (χ2n) is 3.16. The minimum absolute atomic E-state index is 0.0584. The summed E-state index contributed by atoms with van der Waals surface area (Å²) in [4.78, 5) is 11.6. The Labute approximate surface area is 86.4 Å². The van der Waals surface area contributed by atoms with Crippen LogP contribution in [0.2, 0.25) is 0 Å². The number of carbonyl (C=O) groups excluding carboxylic acids is 1. The second kappa shape index (κ2) is 4.61. The highest BCUT2D eigenvalue weighted by atomic mass is 79.9. The van der Waals surface area contributed by atoms with E-state index in [-0.39, 0.29) is 11.7 Å². The van der Waals surface area contributed by atoms with Crippen LogP contribution in [0.1, 0.15) is 37.2 Å². The molecule has 3 heteroatoms. The van der Waals surface area contributed by atoms with E-state index in [4.69, 9.17) is 4.42 Å². The summed E-state index contributed by atoms with van der Waals surface area (Å²) in [6.45, 7) is 4.00. The van der Waals surface area contributed by atoms with E-state index in [1.54, 1.807) is 12.1 Å². The Morgan fingerprint density at radius 1 is 1.62 bits per heavy atom. The fourth-order valence-electron chi connectivity index (χ4n) is 1.25. The number of halogens is 1. The summed E-state index contributed by atoms with van der Waals surface area (Å²) in [5.74, 6) is 0.600. The van der Waals surface area contributed by atoms with Crippen LogP contribution in [0.4, 0.5) is 0 Å². The molecular weight excluding hydrogens is 232 g/mol. The van der Waals surface area contributed by atoms with Gasteiger partial charge in [0, 0.05) is 5.92 Å². The minimum atomic E-state index is 0.0584. The number of furan rings is 1. The molecule has 13 heavy (non-hydrogen) atoms. The Balaban J connectivity index is 2.67. The number of hydrogen-bond donors (Lipinski definition) is 0. The van der Waals surface area contributed by atoms with Gasteiger partial charge in [-0.2, -0.15) is 0 Å². The van der Waals surface area contributed by atoms with Crippen LogP contribution >= 0.6 is 15.9 Å². The third-order valence-electron chi connectivity index (χ3n) is 1.99. The van der Waals surface area contributed by atoms with E-state index in [1.165, 1.54) is 0 Å². The smallest absolute Gasteiger partial charge is 0.200 e. The standard InChI is InChI=1S/C10H13BrO2/c1-3-4-7(2)10(12)8-5-6-9(11)13-8/h5-7H,3-4H2,1-2H3. The van der Waals surface area contributed by atoms with Gasteiger partial charge in [-0.15, -0.1) is 0 Å². The fraction of sp³-hybridized carbons (Fsp3) is 0.500. The molecule has 0 spiro atoms. The molecule has 0 aromatic carbocycles. The first kappa shape index (κ1) is 10.5. The van der Waals surface area contributed by atoms with E-state index in [0.717, 1.165) is 12.8 Å². The fourth-order valence-corrected chi connectivity index (χ4v) is 1.56. The number of Topliss-reactive ketones (excluding diaryl/α,β-unsaturated/α-hetero) is 1. The zero-order chi connectivity index (χ0) is 9.84. The Morgan fingerprint density at radius 3 is 2.77 bits per heavy atom. The van der Waals surface area contributed by atoms with Crippen LogP contribution in [0.25, 0.3) is 0 Å². The molecule has 1 rings (SSSR count). The van der Waals surface area contributed by atoms with Crippen LogP contribution in [0, 0.1) is 5.92 Å². The third-order valence-corrected chi connectivity index (χ3v) is 2.41. The van der Waals surface area contributed by atoms with Crippen LogP contribution in [0.5, 0.6) is 0 Å². The number of rotatable bonds is 4. The molecule has 1 unspecified atom stereocenters. The Kier molecular flexibility index (Phi) is 3.72. The van der Waals surface area contributed by atoms with E-state index in [1.807, 2.05) is 6.92 Å². The van der Waals surface area contributed by atoms with Crippen molar-refractivity contribution in [2.45, 2.75) is 26.7 Å². The molecule has 1 atom stereocenters. The number of hydrogen-bond acceptors (Lipinski definition) is 2. The average molecular weight is 245 g/mol. The lowest BCUT2D eigenvalue weighted by molar-refractivity contribution is 0.0894. The molecule has 0 fully saturated rings. The molecule has 0 saturated heterocycles. The maximum Gasteiger partial charge on any atom is 0.200 e. The summed E-state index contributed by atoms with van der Waals surface area (Å²) in [7, 11) is 0. The molecule has 0 saturated carbocycles. The van der Waals surface area contributed by atoms with Crippen molar-refractivity contribution in [3.8, 4) is 0 Å². The van der Waals surface area contributed by atoms with E-state index in [0.29, 0.717) is 10.4 Å². The van der Waals surface area contributed by atoms with Crippen molar-refractivity contribution >= 4 is 21.7 Å². The molecule has 0 aliphatic heterocycles. The molecule has 1 aromatic rings. The zero-order valence-corrected chi connectivity index (χ0v) is 9.43. The lowest BCUT2D eigenvalue weighted by Crippen LogP contribution is -2.09. The van der Waals surface area contributed by atoms with Gasteiger partial charge in [0.2, 0.25) is 5.78 Å². The lowest BCUT2D eigenvalue weighted by Gasteiger charge is -2.05. The normalized spacial score (nSPS) is 12.8. The summed E-state index contributed by atoms with van der Waals surface area (Å²) in [6, 6.07) is 3.45. The molecule has 0 N–H and O–H groups in total. The van der Waals surface area contributed by atoms with Crippen LogP contribution in [0.3, 0.4) is 0 Å². The summed E-state index contributed by atoms with van der Waals surface area (Å²) in [6.07, 6.45) is 1.94. The van der Waals surface area contributed by atoms with Crippen molar-refractivity contribution in [1.82, 2.24) is 0 Å². The van der Waals surface area contributed by atoms with Gasteiger partial charge in [0.1, 0.15) is 0 Å². The van der Waals surface area contributed by atoms with Crippen LogP contribution in [0.15, 0.2) is 21.2 Å². The maximum atomic E-state index is 11.6. The van der Waals surface area contributed by atoms with E-state index >= 15 is 0 Å². The molecule has 0 amide bonds. The molecule has 0 radical (unpaired) electrons. The van der Waals surface area contributed by atoms with Crippen molar-refractivity contribution < 1.29 is 9.21 Å². The first-order valence-corrected chi connectivity index (χ1v) is 5.24. The van der Waals surface area contributed by atoms with Gasteiger partial charge in [-0.05, 0) is 34.5 Å². The molecule has 0 bridgehead atoms. The monoisotopic (exact) mass is 244 g/mol. The van der Waals surface area contributed by atoms with Crippen molar-refractivity contribution in [3.63, 3.8) is 0 Å². The predicted octanol–water partition coefficient (Wildman–Crippen LogP) is 3.66. The van der Waals surface area contributed by atoms with Gasteiger partial charge in [-0.1, -0.05) is 20.3 Å². The van der Waals surface area contributed by atoms with Gasteiger partial charge < -0.3 is 4.42 Å². The van der Waals surface area contributed by atoms with Gasteiger partial charge in [0.15, 0.2) is 10.4 Å². The average Bonchev–Trinajstić information content (AvgIpc) is 2.51. The van der Waals surface area contributed by atoms with E-state index < -0.39 is 0 Å². The third kappa shape index (κ3) is 2.69. The second-order valence-corrected chi connectivity index (χ2v) is 3.94. The molecule has 0 aliphatic rings. The first-order chi connectivity index (χ1) is 6.15. The predicted molar refractivity (Wildman–Crippen MR) is 54.8 cm³/mol. The van der Waals surface area contributed by atoms with Crippen molar-refractivity contribution in [2.75, 3.05) is 0 Å². The highest BCUT2D eigenvalue weighted by Crippen LogP contribution is 2.19. The summed E-state index contributed by atoms with van der Waals surface area (Å²) in [5.41, 5.74) is 0. The Hall–Kier alpha value is -0.570. The first-order valence-electron chi connectivity index (χ1n) is 4.44. The molecule has 1 aromatic heterocycles. The Bertz CT molecular complexity index is 291. The van der Waals surface area contributed by atoms with Crippen LogP contribution < -0.4 is 0 Å². The molecule has 72 valence electrons. The van der Waals surface area contributed by atoms with Crippen LogP contribution in [-0.2, 0) is 0 Å². The van der Waals surface area contributed by atoms with Crippen molar-refractivity contribution in [3.05, 3.63) is 22.6 Å². The molecule has 1 heterocycles. The maximum absolute atomic E-state index is 11.6. The molecular formula is C10H13BrO2. The molecule has 2 nitrogen and oxygen atoms in total. The van der Waals surface area contributed by atoms with Crippen molar-refractivity contribution in [1.29, 1.82) is 0 Å². The number of ketones is 1. The lowest BCUT2D eigenvalue weighted by atomic mass is 9.99. The number of carbonyl (C=O) groups is 1. The van der Waals surface area contributed by atoms with Gasteiger partial charge in [-0.25, -0.2) is 0 Å². The van der Waals surface area contributed by atoms with Crippen LogP contribution in [-0.4, -0.2) is 5.78 Å². The topological polar surface area (TPSA) is 30.2 Å². The molecule has 0 aliphatic carbocycles. The SMILES string of the molecule is CCCC(C)C(=O)c1ccc(Br)o1. The Morgan fingerprint density at radius 2 is 2.31 bits per heavy atom. The van der Waals surface area contributed by atoms with E-state index in [2.05, 4.69) is 22.9 Å². The van der Waals surface area contributed by atoms with Gasteiger partial charge in [0.05, 0.1) is 0 Å². The van der Waals surface area contributed by atoms with Gasteiger partial charge in [-0.3, -0.25) is 4.79 Å². The minimum Gasteiger partial charge on any atom is -0.446 e. The largest absolute Gasteiger partial charge is 0.446 e.